The molecule has 10 heavy (non-hydrogen) atoms. The Kier molecular flexibility index (Phi) is 1.79. The summed E-state index contributed by atoms with van der Waals surface area (Å²) >= 11 is 0. The third-order valence-corrected chi connectivity index (χ3v) is 0.893. The molecule has 0 atom stereocenters. The van der Waals surface area contributed by atoms with Gasteiger partial charge in [-0.1, -0.05) is 0 Å². The van der Waals surface area contributed by atoms with E-state index in [1.54, 1.807) is 6.08 Å². The molecule has 52 valence electrons. The Labute approximate surface area is 56.9 Å². The normalized spacial score (nSPS) is 15.4. The maximum Gasteiger partial charge on any atom is 0.339 e. The lowest BCUT2D eigenvalue weighted by Gasteiger charge is -1.93. The number of nitrogens with zero attached hydrogens (tertiary/aromatic N) is 2. The molecule has 0 bridgehead atoms. The van der Waals surface area contributed by atoms with E-state index in [1.165, 1.54) is 12.4 Å². The van der Waals surface area contributed by atoms with E-state index in [4.69, 9.17) is 0 Å². The van der Waals surface area contributed by atoms with Gasteiger partial charge >= 0.3 is 5.82 Å². The van der Waals surface area contributed by atoms with Crippen molar-refractivity contribution in [3.8, 4) is 0 Å². The van der Waals surface area contributed by atoms with Crippen molar-refractivity contribution in [1.82, 2.24) is 5.32 Å². The first kappa shape index (κ1) is 6.47. The fourth-order valence-electron chi connectivity index (χ4n) is 0.477. The van der Waals surface area contributed by atoms with Gasteiger partial charge in [0.2, 0.25) is 0 Å². The quantitative estimate of drug-likeness (QED) is 0.418. The second kappa shape index (κ2) is 2.77. The molecule has 0 aliphatic carbocycles. The molecule has 0 aromatic heterocycles. The van der Waals surface area contributed by atoms with Gasteiger partial charge in [-0.05, 0) is 11.0 Å². The highest BCUT2D eigenvalue weighted by Crippen LogP contribution is 1.92. The van der Waals surface area contributed by atoms with Gasteiger partial charge in [0.25, 0.3) is 0 Å². The van der Waals surface area contributed by atoms with Gasteiger partial charge < -0.3 is 10.1 Å². The van der Waals surface area contributed by atoms with Gasteiger partial charge in [0, 0.05) is 6.21 Å². The summed E-state index contributed by atoms with van der Waals surface area (Å²) in [5.74, 6) is -0.120. The molecule has 5 heteroatoms. The van der Waals surface area contributed by atoms with Crippen LogP contribution in [0.4, 0.5) is 0 Å². The monoisotopic (exact) mass is 139 g/mol. The van der Waals surface area contributed by atoms with Crippen molar-refractivity contribution in [3.63, 3.8) is 0 Å². The van der Waals surface area contributed by atoms with E-state index in [9.17, 15) is 10.1 Å². The number of allylic oxidation sites excluding steroid dienone is 1. The highest BCUT2D eigenvalue weighted by atomic mass is 16.6. The van der Waals surface area contributed by atoms with Gasteiger partial charge in [0.1, 0.15) is 6.20 Å². The number of nitrogens with one attached hydrogen (secondary N) is 1. The Morgan fingerprint density at radius 1 is 1.70 bits per heavy atom. The zero-order valence-corrected chi connectivity index (χ0v) is 5.02. The molecule has 0 saturated heterocycles. The summed E-state index contributed by atoms with van der Waals surface area (Å²) in [6.45, 7) is 0. The van der Waals surface area contributed by atoms with Crippen molar-refractivity contribution in [1.29, 1.82) is 0 Å². The predicted octanol–water partition coefficient (Wildman–Crippen LogP) is 0.250. The molecule has 0 radical (unpaired) electrons. The Morgan fingerprint density at radius 3 is 3.20 bits per heavy atom. The van der Waals surface area contributed by atoms with Crippen molar-refractivity contribution in [2.75, 3.05) is 0 Å². The van der Waals surface area contributed by atoms with E-state index in [0.29, 0.717) is 0 Å². The number of aliphatic imine (C=N–C) groups is 1. The van der Waals surface area contributed by atoms with Gasteiger partial charge in [0.15, 0.2) is 0 Å². The summed E-state index contributed by atoms with van der Waals surface area (Å²) in [7, 11) is 0. The van der Waals surface area contributed by atoms with E-state index in [0.717, 1.165) is 6.20 Å². The van der Waals surface area contributed by atoms with E-state index in [2.05, 4.69) is 10.3 Å². The number of hydrogen-bond donors (Lipinski definition) is 1. The molecule has 1 aliphatic rings. The fourth-order valence-corrected chi connectivity index (χ4v) is 0.477. The average molecular weight is 139 g/mol. The van der Waals surface area contributed by atoms with Crippen LogP contribution in [0.15, 0.2) is 29.3 Å². The highest BCUT2D eigenvalue weighted by Gasteiger charge is 2.04. The minimum absolute atomic E-state index is 0.120. The lowest BCUT2D eigenvalue weighted by Crippen LogP contribution is -2.12. The van der Waals surface area contributed by atoms with Crippen molar-refractivity contribution in [2.45, 2.75) is 0 Å². The van der Waals surface area contributed by atoms with Gasteiger partial charge in [0.05, 0.1) is 6.20 Å². The van der Waals surface area contributed by atoms with Crippen LogP contribution >= 0.6 is 0 Å². The van der Waals surface area contributed by atoms with Crippen LogP contribution in [0.5, 0.6) is 0 Å². The average Bonchev–Trinajstić information content (AvgIpc) is 2.12. The summed E-state index contributed by atoms with van der Waals surface area (Å²) < 4.78 is 0. The predicted molar refractivity (Wildman–Crippen MR) is 35.8 cm³/mol. The van der Waals surface area contributed by atoms with E-state index in [-0.39, 0.29) is 5.82 Å². The summed E-state index contributed by atoms with van der Waals surface area (Å²) in [5.41, 5.74) is 0. The Bertz CT molecular complexity index is 229. The van der Waals surface area contributed by atoms with Gasteiger partial charge in [-0.15, -0.1) is 0 Å². The third kappa shape index (κ3) is 1.41. The molecule has 1 rings (SSSR count). The summed E-state index contributed by atoms with van der Waals surface area (Å²) in [6, 6.07) is 0. The summed E-state index contributed by atoms with van der Waals surface area (Å²) in [5, 5.41) is 12.5. The molecule has 1 heterocycles. The number of nitro groups is 1. The summed E-state index contributed by atoms with van der Waals surface area (Å²) in [6.07, 6.45) is 5.64. The zero-order chi connectivity index (χ0) is 7.40. The molecule has 0 unspecified atom stereocenters. The first-order chi connectivity index (χ1) is 4.80. The van der Waals surface area contributed by atoms with Crippen LogP contribution in [0.2, 0.25) is 0 Å². The molecular formula is C5H5N3O2. The number of rotatable bonds is 1. The van der Waals surface area contributed by atoms with Crippen molar-refractivity contribution < 1.29 is 4.92 Å². The van der Waals surface area contributed by atoms with Gasteiger partial charge in [-0.25, -0.2) is 5.32 Å². The van der Waals surface area contributed by atoms with Crippen LogP contribution in [0.3, 0.4) is 0 Å². The van der Waals surface area contributed by atoms with E-state index in [1.807, 2.05) is 0 Å². The standard InChI is InChI=1S/C5H5N3O2/c9-8(10)5-4-6-2-1-3-7-5/h1-4,7H. The Balaban J connectivity index is 2.78. The molecule has 0 fully saturated rings. The topological polar surface area (TPSA) is 67.5 Å². The van der Waals surface area contributed by atoms with Crippen LogP contribution in [-0.4, -0.2) is 11.1 Å². The molecule has 0 saturated carbocycles. The van der Waals surface area contributed by atoms with Crippen LogP contribution in [0, 0.1) is 10.1 Å². The molecule has 1 N–H and O–H groups in total. The van der Waals surface area contributed by atoms with Crippen molar-refractivity contribution >= 4 is 6.21 Å². The highest BCUT2D eigenvalue weighted by molar-refractivity contribution is 5.71. The van der Waals surface area contributed by atoms with E-state index >= 15 is 0 Å². The molecular weight excluding hydrogens is 134 g/mol. The lowest BCUT2D eigenvalue weighted by atomic mass is 10.7. The molecule has 5 nitrogen and oxygen atoms in total. The van der Waals surface area contributed by atoms with Crippen LogP contribution in [0.1, 0.15) is 0 Å². The van der Waals surface area contributed by atoms with Gasteiger partial charge in [-0.3, -0.25) is 4.99 Å². The van der Waals surface area contributed by atoms with Crippen LogP contribution < -0.4 is 5.32 Å². The first-order valence-electron chi connectivity index (χ1n) is 2.60. The largest absolute Gasteiger partial charge is 0.358 e. The Hall–Kier alpha value is -1.65. The molecule has 0 amide bonds. The SMILES string of the molecule is O=[N+]([O-])C1=CN=CC=CN1. The van der Waals surface area contributed by atoms with E-state index < -0.39 is 4.92 Å². The fraction of sp³-hybridized carbons (Fsp3) is 0. The number of hydrogen-bond acceptors (Lipinski definition) is 4. The molecule has 0 aromatic rings. The molecule has 0 spiro atoms. The van der Waals surface area contributed by atoms with Gasteiger partial charge in [-0.2, -0.15) is 0 Å². The minimum Gasteiger partial charge on any atom is -0.358 e. The second-order valence-corrected chi connectivity index (χ2v) is 1.57. The van der Waals surface area contributed by atoms with Crippen molar-refractivity contribution in [3.05, 3.63) is 34.4 Å². The maximum atomic E-state index is 10.1. The molecule has 0 aromatic carbocycles. The Morgan fingerprint density at radius 2 is 2.50 bits per heavy atom. The second-order valence-electron chi connectivity index (χ2n) is 1.57. The molecule has 1 aliphatic heterocycles. The van der Waals surface area contributed by atoms with Crippen LogP contribution in [0.25, 0.3) is 0 Å². The van der Waals surface area contributed by atoms with Crippen molar-refractivity contribution in [2.24, 2.45) is 4.99 Å². The first-order valence-corrected chi connectivity index (χ1v) is 2.60. The van der Waals surface area contributed by atoms with Crippen LogP contribution in [-0.2, 0) is 0 Å². The third-order valence-electron chi connectivity index (χ3n) is 0.893. The maximum absolute atomic E-state index is 10.1. The zero-order valence-electron chi connectivity index (χ0n) is 5.02. The lowest BCUT2D eigenvalue weighted by molar-refractivity contribution is -0.430. The smallest absolute Gasteiger partial charge is 0.339 e. The summed E-state index contributed by atoms with van der Waals surface area (Å²) in [4.78, 5) is 13.1. The minimum atomic E-state index is -0.535.